The van der Waals surface area contributed by atoms with Crippen LogP contribution in [0.15, 0.2) is 0 Å². The first-order valence-electron chi connectivity index (χ1n) is 3.39. The Morgan fingerprint density at radius 3 is 2.31 bits per heavy atom. The van der Waals surface area contributed by atoms with Crippen molar-refractivity contribution in [1.29, 1.82) is 5.41 Å². The maximum absolute atomic E-state index is 12.2. The number of hydrogen-bond acceptors (Lipinski definition) is 2. The average molecular weight is 202 g/mol. The zero-order chi connectivity index (χ0) is 10.6. The van der Waals surface area contributed by atoms with Crippen LogP contribution in [0.4, 0.5) is 17.6 Å². The number of amidine groups is 1. The van der Waals surface area contributed by atoms with Gasteiger partial charge in [-0.1, -0.05) is 0 Å². The second-order valence-electron chi connectivity index (χ2n) is 2.47. The highest BCUT2D eigenvalue weighted by Gasteiger charge is 2.41. The molecule has 0 fully saturated rings. The molecule has 0 aliphatic rings. The Hall–Kier alpha value is -0.850. The van der Waals surface area contributed by atoms with Crippen LogP contribution in [-0.4, -0.2) is 30.9 Å². The zero-order valence-corrected chi connectivity index (χ0v) is 6.86. The van der Waals surface area contributed by atoms with Gasteiger partial charge in [0.05, 0.1) is 0 Å². The number of rotatable bonds is 5. The summed E-state index contributed by atoms with van der Waals surface area (Å²) in [5.41, 5.74) is 4.87. The number of alkyl halides is 4. The molecule has 78 valence electrons. The largest absolute Gasteiger partial charge is 0.385 e. The van der Waals surface area contributed by atoms with E-state index >= 15 is 0 Å². The Labute approximate surface area is 72.4 Å². The van der Waals surface area contributed by atoms with Gasteiger partial charge in [-0.15, -0.1) is 0 Å². The maximum atomic E-state index is 12.2. The number of nitrogens with two attached hydrogens (primary N) is 1. The number of nitrogens with one attached hydrogen (secondary N) is 1. The van der Waals surface area contributed by atoms with E-state index < -0.39 is 30.9 Å². The first-order chi connectivity index (χ1) is 5.77. The molecule has 13 heavy (non-hydrogen) atoms. The molecule has 0 saturated heterocycles. The lowest BCUT2D eigenvalue weighted by Gasteiger charge is -2.18. The SMILES string of the molecule is CC(OCC(F)(F)C(F)F)C(=N)N. The molecule has 1 unspecified atom stereocenters. The number of halogens is 4. The smallest absolute Gasteiger partial charge is 0.330 e. The van der Waals surface area contributed by atoms with Gasteiger partial charge in [0.15, 0.2) is 0 Å². The van der Waals surface area contributed by atoms with Gasteiger partial charge in [0, 0.05) is 0 Å². The molecule has 0 aliphatic carbocycles. The van der Waals surface area contributed by atoms with E-state index in [-0.39, 0.29) is 0 Å². The minimum atomic E-state index is -4.19. The first-order valence-corrected chi connectivity index (χ1v) is 3.39. The van der Waals surface area contributed by atoms with Gasteiger partial charge in [0.25, 0.3) is 0 Å². The van der Waals surface area contributed by atoms with Crippen molar-refractivity contribution < 1.29 is 22.3 Å². The van der Waals surface area contributed by atoms with Gasteiger partial charge < -0.3 is 10.5 Å². The van der Waals surface area contributed by atoms with E-state index in [1.165, 1.54) is 6.92 Å². The molecular formula is C6H10F4N2O. The van der Waals surface area contributed by atoms with Crippen molar-refractivity contribution >= 4 is 5.84 Å². The van der Waals surface area contributed by atoms with Crippen LogP contribution in [0.1, 0.15) is 6.92 Å². The lowest BCUT2D eigenvalue weighted by molar-refractivity contribution is -0.169. The standard InChI is InChI=1S/C6H10F4N2O/c1-3(4(11)12)13-2-6(9,10)5(7)8/h3,5H,2H2,1H3,(H3,11,12). The summed E-state index contributed by atoms with van der Waals surface area (Å²) in [6, 6.07) is 0. The van der Waals surface area contributed by atoms with Crippen molar-refractivity contribution in [2.75, 3.05) is 6.61 Å². The Morgan fingerprint density at radius 2 is 2.00 bits per heavy atom. The monoisotopic (exact) mass is 202 g/mol. The van der Waals surface area contributed by atoms with Crippen LogP contribution in [0.5, 0.6) is 0 Å². The lowest BCUT2D eigenvalue weighted by Crippen LogP contribution is -2.37. The van der Waals surface area contributed by atoms with Crippen molar-refractivity contribution in [2.24, 2.45) is 5.73 Å². The van der Waals surface area contributed by atoms with Gasteiger partial charge in [-0.05, 0) is 6.92 Å². The van der Waals surface area contributed by atoms with Crippen molar-refractivity contribution in [2.45, 2.75) is 25.4 Å². The fourth-order valence-corrected chi connectivity index (χ4v) is 0.389. The molecule has 0 bridgehead atoms. The zero-order valence-electron chi connectivity index (χ0n) is 6.86. The third kappa shape index (κ3) is 4.07. The summed E-state index contributed by atoms with van der Waals surface area (Å²) in [6.07, 6.45) is -4.85. The van der Waals surface area contributed by atoms with Crippen molar-refractivity contribution in [3.8, 4) is 0 Å². The second-order valence-corrected chi connectivity index (χ2v) is 2.47. The van der Waals surface area contributed by atoms with Gasteiger partial charge in [-0.3, -0.25) is 5.41 Å². The minimum Gasteiger partial charge on any atom is -0.385 e. The molecule has 0 spiro atoms. The highest BCUT2D eigenvalue weighted by Crippen LogP contribution is 2.23. The highest BCUT2D eigenvalue weighted by atomic mass is 19.3. The van der Waals surface area contributed by atoms with E-state index in [9.17, 15) is 17.6 Å². The Balaban J connectivity index is 3.95. The molecule has 7 heteroatoms. The van der Waals surface area contributed by atoms with Crippen LogP contribution < -0.4 is 5.73 Å². The lowest BCUT2D eigenvalue weighted by atomic mass is 10.3. The van der Waals surface area contributed by atoms with Crippen LogP contribution >= 0.6 is 0 Å². The highest BCUT2D eigenvalue weighted by molar-refractivity contribution is 5.81. The first kappa shape index (κ1) is 12.2. The van der Waals surface area contributed by atoms with Gasteiger partial charge in [0.1, 0.15) is 18.5 Å². The Bertz CT molecular complexity index is 185. The second kappa shape index (κ2) is 4.40. The average Bonchev–Trinajstić information content (AvgIpc) is 1.99. The van der Waals surface area contributed by atoms with Gasteiger partial charge in [-0.25, -0.2) is 8.78 Å². The van der Waals surface area contributed by atoms with Gasteiger partial charge in [-0.2, -0.15) is 8.78 Å². The summed E-state index contributed by atoms with van der Waals surface area (Å²) >= 11 is 0. The molecule has 0 heterocycles. The Morgan fingerprint density at radius 1 is 1.54 bits per heavy atom. The van der Waals surface area contributed by atoms with Gasteiger partial charge in [0.2, 0.25) is 0 Å². The third-order valence-electron chi connectivity index (χ3n) is 1.28. The van der Waals surface area contributed by atoms with Crippen molar-refractivity contribution in [1.82, 2.24) is 0 Å². The predicted molar refractivity (Wildman–Crippen MR) is 38.3 cm³/mol. The van der Waals surface area contributed by atoms with Crippen molar-refractivity contribution in [3.05, 3.63) is 0 Å². The molecule has 0 aromatic heterocycles. The van der Waals surface area contributed by atoms with E-state index in [2.05, 4.69) is 4.74 Å². The van der Waals surface area contributed by atoms with Crippen LogP contribution in [0.3, 0.4) is 0 Å². The normalized spacial score (nSPS) is 14.6. The summed E-state index contributed by atoms with van der Waals surface area (Å²) in [4.78, 5) is 0. The van der Waals surface area contributed by atoms with E-state index in [4.69, 9.17) is 11.1 Å². The number of ether oxygens (including phenoxy) is 1. The fraction of sp³-hybridized carbons (Fsp3) is 0.833. The molecule has 0 saturated carbocycles. The molecule has 0 aromatic carbocycles. The molecule has 0 radical (unpaired) electrons. The summed E-state index contributed by atoms with van der Waals surface area (Å²) in [6.45, 7) is -0.213. The molecule has 0 amide bonds. The van der Waals surface area contributed by atoms with Crippen LogP contribution in [-0.2, 0) is 4.74 Å². The Kier molecular flexibility index (Phi) is 4.12. The molecule has 0 aliphatic heterocycles. The number of hydrogen-bond donors (Lipinski definition) is 2. The maximum Gasteiger partial charge on any atom is 0.330 e. The van der Waals surface area contributed by atoms with Crippen LogP contribution in [0.25, 0.3) is 0 Å². The third-order valence-corrected chi connectivity index (χ3v) is 1.28. The van der Waals surface area contributed by atoms with E-state index in [0.717, 1.165) is 0 Å². The quantitative estimate of drug-likeness (QED) is 0.400. The van der Waals surface area contributed by atoms with E-state index in [1.54, 1.807) is 0 Å². The van der Waals surface area contributed by atoms with Crippen molar-refractivity contribution in [3.63, 3.8) is 0 Å². The molecule has 3 nitrogen and oxygen atoms in total. The molecule has 0 aromatic rings. The summed E-state index contributed by atoms with van der Waals surface area (Å²) in [7, 11) is 0. The molecular weight excluding hydrogens is 192 g/mol. The molecule has 3 N–H and O–H groups in total. The van der Waals surface area contributed by atoms with Crippen LogP contribution in [0.2, 0.25) is 0 Å². The summed E-state index contributed by atoms with van der Waals surface area (Å²) in [5, 5.41) is 6.74. The predicted octanol–water partition coefficient (Wildman–Crippen LogP) is 1.23. The minimum absolute atomic E-state index is 0.481. The fourth-order valence-electron chi connectivity index (χ4n) is 0.389. The molecule has 0 rings (SSSR count). The van der Waals surface area contributed by atoms with E-state index in [1.807, 2.05) is 0 Å². The molecule has 1 atom stereocenters. The summed E-state index contributed by atoms with van der Waals surface area (Å²) in [5.74, 6) is -4.67. The topological polar surface area (TPSA) is 59.1 Å². The summed E-state index contributed by atoms with van der Waals surface area (Å²) < 4.78 is 51.7. The van der Waals surface area contributed by atoms with E-state index in [0.29, 0.717) is 0 Å². The van der Waals surface area contributed by atoms with Crippen LogP contribution in [0, 0.1) is 5.41 Å². The van der Waals surface area contributed by atoms with Gasteiger partial charge >= 0.3 is 12.3 Å².